The molecule has 150 valence electrons. The molecular formula is C23H27N5O. The van der Waals surface area contributed by atoms with Gasteiger partial charge < -0.3 is 15.1 Å². The SMILES string of the molecule is CCN1CCN(c2ccc(NC(=O)c3cnn(-c4ccccc4)c3)c(C)c2)CC1. The molecule has 3 aromatic rings. The molecule has 1 N–H and O–H groups in total. The molecule has 1 aromatic heterocycles. The van der Waals surface area contributed by atoms with Gasteiger partial charge in [0.2, 0.25) is 0 Å². The highest BCUT2D eigenvalue weighted by atomic mass is 16.1. The molecule has 1 amide bonds. The number of carbonyl (C=O) groups excluding carboxylic acids is 1. The molecule has 0 radical (unpaired) electrons. The number of para-hydroxylation sites is 1. The summed E-state index contributed by atoms with van der Waals surface area (Å²) in [6.45, 7) is 9.63. The molecular weight excluding hydrogens is 362 g/mol. The van der Waals surface area contributed by atoms with Crippen LogP contribution < -0.4 is 10.2 Å². The number of likely N-dealkylation sites (N-methyl/N-ethyl adjacent to an activating group) is 1. The highest BCUT2D eigenvalue weighted by Gasteiger charge is 2.17. The lowest BCUT2D eigenvalue weighted by molar-refractivity contribution is 0.102. The Labute approximate surface area is 171 Å². The molecule has 1 aliphatic rings. The Bertz CT molecular complexity index is 974. The number of hydrogen-bond acceptors (Lipinski definition) is 4. The van der Waals surface area contributed by atoms with Crippen molar-refractivity contribution in [1.82, 2.24) is 14.7 Å². The first-order valence-corrected chi connectivity index (χ1v) is 10.1. The van der Waals surface area contributed by atoms with Crippen LogP contribution in [-0.2, 0) is 0 Å². The van der Waals surface area contributed by atoms with E-state index in [0.29, 0.717) is 5.56 Å². The van der Waals surface area contributed by atoms with Crippen LogP contribution in [0.3, 0.4) is 0 Å². The summed E-state index contributed by atoms with van der Waals surface area (Å²) in [7, 11) is 0. The first kappa shape index (κ1) is 19.2. The molecule has 0 bridgehead atoms. The Morgan fingerprint density at radius 1 is 1.03 bits per heavy atom. The number of rotatable bonds is 5. The Balaban J connectivity index is 1.43. The van der Waals surface area contributed by atoms with Gasteiger partial charge in [-0.25, -0.2) is 4.68 Å². The maximum atomic E-state index is 12.7. The summed E-state index contributed by atoms with van der Waals surface area (Å²) in [6.07, 6.45) is 3.35. The van der Waals surface area contributed by atoms with Gasteiger partial charge in [0, 0.05) is 43.8 Å². The fraction of sp³-hybridized carbons (Fsp3) is 0.304. The largest absolute Gasteiger partial charge is 0.369 e. The number of carbonyl (C=O) groups is 1. The molecule has 2 aromatic carbocycles. The summed E-state index contributed by atoms with van der Waals surface area (Å²) in [5.74, 6) is -0.153. The predicted molar refractivity (Wildman–Crippen MR) is 117 cm³/mol. The normalized spacial score (nSPS) is 14.8. The van der Waals surface area contributed by atoms with Crippen LogP contribution in [0.25, 0.3) is 5.69 Å². The van der Waals surface area contributed by atoms with Gasteiger partial charge in [-0.1, -0.05) is 25.1 Å². The summed E-state index contributed by atoms with van der Waals surface area (Å²) >= 11 is 0. The monoisotopic (exact) mass is 389 g/mol. The van der Waals surface area contributed by atoms with Crippen LogP contribution in [0.15, 0.2) is 60.9 Å². The summed E-state index contributed by atoms with van der Waals surface area (Å²) in [4.78, 5) is 17.6. The molecule has 2 heterocycles. The van der Waals surface area contributed by atoms with E-state index >= 15 is 0 Å². The lowest BCUT2D eigenvalue weighted by atomic mass is 10.1. The Kier molecular flexibility index (Phi) is 5.62. The minimum Gasteiger partial charge on any atom is -0.369 e. The van der Waals surface area contributed by atoms with E-state index in [2.05, 4.69) is 39.3 Å². The van der Waals surface area contributed by atoms with Gasteiger partial charge in [-0.3, -0.25) is 4.79 Å². The zero-order valence-electron chi connectivity index (χ0n) is 17.0. The van der Waals surface area contributed by atoms with Crippen molar-refractivity contribution in [3.8, 4) is 5.69 Å². The van der Waals surface area contributed by atoms with Crippen molar-refractivity contribution in [2.75, 3.05) is 42.9 Å². The van der Waals surface area contributed by atoms with Gasteiger partial charge in [0.15, 0.2) is 0 Å². The number of piperazine rings is 1. The molecule has 1 saturated heterocycles. The molecule has 0 aliphatic carbocycles. The predicted octanol–water partition coefficient (Wildman–Crippen LogP) is 3.57. The number of amides is 1. The molecule has 6 nitrogen and oxygen atoms in total. The molecule has 1 aliphatic heterocycles. The number of aryl methyl sites for hydroxylation is 1. The van der Waals surface area contributed by atoms with Crippen molar-refractivity contribution in [3.05, 3.63) is 72.1 Å². The van der Waals surface area contributed by atoms with Crippen LogP contribution in [0, 0.1) is 6.92 Å². The summed E-state index contributed by atoms with van der Waals surface area (Å²) in [6, 6.07) is 16.0. The molecule has 4 rings (SSSR count). The van der Waals surface area contributed by atoms with Gasteiger partial charge in [-0.2, -0.15) is 5.10 Å². The number of aromatic nitrogens is 2. The van der Waals surface area contributed by atoms with E-state index in [9.17, 15) is 4.79 Å². The van der Waals surface area contributed by atoms with E-state index in [1.165, 1.54) is 5.69 Å². The number of nitrogens with one attached hydrogen (secondary N) is 1. The van der Waals surface area contributed by atoms with Crippen LogP contribution in [-0.4, -0.2) is 53.3 Å². The number of nitrogens with zero attached hydrogens (tertiary/aromatic N) is 4. The van der Waals surface area contributed by atoms with Gasteiger partial charge in [0.25, 0.3) is 5.91 Å². The van der Waals surface area contributed by atoms with E-state index in [4.69, 9.17) is 0 Å². The molecule has 0 atom stereocenters. The lowest BCUT2D eigenvalue weighted by Gasteiger charge is -2.35. The maximum absolute atomic E-state index is 12.7. The number of hydrogen-bond donors (Lipinski definition) is 1. The van der Waals surface area contributed by atoms with Crippen LogP contribution in [0.2, 0.25) is 0 Å². The molecule has 1 fully saturated rings. The van der Waals surface area contributed by atoms with Crippen molar-refractivity contribution in [3.63, 3.8) is 0 Å². The van der Waals surface area contributed by atoms with Gasteiger partial charge in [-0.05, 0) is 49.4 Å². The third-order valence-corrected chi connectivity index (χ3v) is 5.51. The van der Waals surface area contributed by atoms with E-state index in [1.807, 2.05) is 43.3 Å². The molecule has 0 spiro atoms. The van der Waals surface area contributed by atoms with E-state index < -0.39 is 0 Å². The Hall–Kier alpha value is -3.12. The highest BCUT2D eigenvalue weighted by molar-refractivity contribution is 6.04. The number of anilines is 2. The summed E-state index contributed by atoms with van der Waals surface area (Å²) < 4.78 is 1.71. The fourth-order valence-electron chi connectivity index (χ4n) is 3.66. The average molecular weight is 390 g/mol. The maximum Gasteiger partial charge on any atom is 0.258 e. The second-order valence-electron chi connectivity index (χ2n) is 7.38. The van der Waals surface area contributed by atoms with E-state index in [1.54, 1.807) is 17.1 Å². The zero-order valence-corrected chi connectivity index (χ0v) is 17.0. The summed E-state index contributed by atoms with van der Waals surface area (Å²) in [5.41, 5.74) is 4.57. The van der Waals surface area contributed by atoms with Gasteiger partial charge in [-0.15, -0.1) is 0 Å². The van der Waals surface area contributed by atoms with E-state index in [0.717, 1.165) is 49.7 Å². The highest BCUT2D eigenvalue weighted by Crippen LogP contribution is 2.24. The van der Waals surface area contributed by atoms with E-state index in [-0.39, 0.29) is 5.91 Å². The van der Waals surface area contributed by atoms with Crippen LogP contribution >= 0.6 is 0 Å². The molecule has 0 saturated carbocycles. The zero-order chi connectivity index (χ0) is 20.2. The van der Waals surface area contributed by atoms with Gasteiger partial charge in [0.05, 0.1) is 17.4 Å². The quantitative estimate of drug-likeness (QED) is 0.725. The Morgan fingerprint density at radius 2 is 1.79 bits per heavy atom. The molecule has 6 heteroatoms. The number of benzene rings is 2. The third-order valence-electron chi connectivity index (χ3n) is 5.51. The van der Waals surface area contributed by atoms with Crippen LogP contribution in [0.4, 0.5) is 11.4 Å². The van der Waals surface area contributed by atoms with Gasteiger partial charge in [0.1, 0.15) is 0 Å². The van der Waals surface area contributed by atoms with Crippen molar-refractivity contribution < 1.29 is 4.79 Å². The molecule has 29 heavy (non-hydrogen) atoms. The van der Waals surface area contributed by atoms with Gasteiger partial charge >= 0.3 is 0 Å². The minimum absolute atomic E-state index is 0.153. The summed E-state index contributed by atoms with van der Waals surface area (Å²) in [5, 5.41) is 7.32. The smallest absolute Gasteiger partial charge is 0.258 e. The third kappa shape index (κ3) is 4.32. The van der Waals surface area contributed by atoms with Crippen molar-refractivity contribution >= 4 is 17.3 Å². The average Bonchev–Trinajstić information content (AvgIpc) is 3.26. The first-order chi connectivity index (χ1) is 14.1. The molecule has 0 unspecified atom stereocenters. The Morgan fingerprint density at radius 3 is 2.48 bits per heavy atom. The van der Waals surface area contributed by atoms with Crippen molar-refractivity contribution in [2.45, 2.75) is 13.8 Å². The lowest BCUT2D eigenvalue weighted by Crippen LogP contribution is -2.46. The second kappa shape index (κ2) is 8.49. The van der Waals surface area contributed by atoms with Crippen LogP contribution in [0.1, 0.15) is 22.8 Å². The van der Waals surface area contributed by atoms with Crippen LogP contribution in [0.5, 0.6) is 0 Å². The topological polar surface area (TPSA) is 53.4 Å². The standard InChI is InChI=1S/C23H27N5O/c1-3-26-11-13-27(14-12-26)21-9-10-22(18(2)15-21)25-23(29)19-16-24-28(17-19)20-7-5-4-6-8-20/h4-10,15-17H,3,11-14H2,1-2H3,(H,25,29). The fourth-order valence-corrected chi connectivity index (χ4v) is 3.66. The van der Waals surface area contributed by atoms with Crippen molar-refractivity contribution in [2.24, 2.45) is 0 Å². The van der Waals surface area contributed by atoms with Crippen molar-refractivity contribution in [1.29, 1.82) is 0 Å². The first-order valence-electron chi connectivity index (χ1n) is 10.1. The second-order valence-corrected chi connectivity index (χ2v) is 7.38. The minimum atomic E-state index is -0.153.